The third-order valence-corrected chi connectivity index (χ3v) is 5.27. The quantitative estimate of drug-likeness (QED) is 0.828. The van der Waals surface area contributed by atoms with E-state index in [4.69, 9.17) is 5.11 Å². The molecule has 1 unspecified atom stereocenters. The van der Waals surface area contributed by atoms with Gasteiger partial charge in [-0.05, 0) is 30.2 Å². The second-order valence-corrected chi connectivity index (χ2v) is 7.49. The molecule has 4 nitrogen and oxygen atoms in total. The number of piperazine rings is 1. The Morgan fingerprint density at radius 3 is 2.52 bits per heavy atom. The summed E-state index contributed by atoms with van der Waals surface area (Å²) in [5.41, 5.74) is 2.51. The predicted molar refractivity (Wildman–Crippen MR) is 103 cm³/mol. The van der Waals surface area contributed by atoms with Crippen molar-refractivity contribution in [3.05, 3.63) is 70.2 Å². The Balaban J connectivity index is 1.87. The Morgan fingerprint density at radius 2 is 1.88 bits per heavy atom. The molecular formula is C20H23BrN2O2. The maximum atomic E-state index is 11.0. The number of hydrogen-bond acceptors (Lipinski definition) is 3. The number of hydrogen-bond donors (Lipinski definition) is 1. The highest BCUT2D eigenvalue weighted by Crippen LogP contribution is 2.31. The first kappa shape index (κ1) is 18.1. The number of benzene rings is 2. The first-order chi connectivity index (χ1) is 12.0. The summed E-state index contributed by atoms with van der Waals surface area (Å²) in [6.45, 7) is 4.69. The number of rotatable bonds is 5. The van der Waals surface area contributed by atoms with E-state index in [9.17, 15) is 4.79 Å². The number of carboxylic acid groups (broad SMARTS) is 1. The summed E-state index contributed by atoms with van der Waals surface area (Å²) in [6.07, 6.45) is 0. The van der Waals surface area contributed by atoms with Gasteiger partial charge in [0.2, 0.25) is 0 Å². The smallest absolute Gasteiger partial charge is 0.317 e. The minimum absolute atomic E-state index is 0.113. The van der Waals surface area contributed by atoms with Crippen LogP contribution in [-0.2, 0) is 4.79 Å². The summed E-state index contributed by atoms with van der Waals surface area (Å²) >= 11 is 3.58. The normalized spacial score (nSPS) is 20.3. The first-order valence-corrected chi connectivity index (χ1v) is 9.34. The maximum Gasteiger partial charge on any atom is 0.317 e. The van der Waals surface area contributed by atoms with Crippen LogP contribution in [0.15, 0.2) is 59.1 Å². The lowest BCUT2D eigenvalue weighted by atomic mass is 9.95. The second kappa shape index (κ2) is 8.13. The molecule has 1 aliphatic heterocycles. The summed E-state index contributed by atoms with van der Waals surface area (Å²) < 4.78 is 1.07. The van der Waals surface area contributed by atoms with Crippen LogP contribution in [0.3, 0.4) is 0 Å². The highest BCUT2D eigenvalue weighted by molar-refractivity contribution is 9.10. The van der Waals surface area contributed by atoms with Crippen LogP contribution in [0.25, 0.3) is 0 Å². The first-order valence-electron chi connectivity index (χ1n) is 8.55. The van der Waals surface area contributed by atoms with Crippen molar-refractivity contribution in [3.63, 3.8) is 0 Å². The van der Waals surface area contributed by atoms with Gasteiger partial charge in [0.25, 0.3) is 0 Å². The van der Waals surface area contributed by atoms with Gasteiger partial charge in [-0.1, -0.05) is 58.4 Å². The Hall–Kier alpha value is -1.69. The van der Waals surface area contributed by atoms with E-state index in [0.717, 1.165) is 24.1 Å². The van der Waals surface area contributed by atoms with E-state index in [2.05, 4.69) is 70.2 Å². The highest BCUT2D eigenvalue weighted by atomic mass is 79.9. The van der Waals surface area contributed by atoms with Crippen molar-refractivity contribution < 1.29 is 9.90 Å². The largest absolute Gasteiger partial charge is 0.480 e. The monoisotopic (exact) mass is 402 g/mol. The van der Waals surface area contributed by atoms with Gasteiger partial charge in [0.15, 0.2) is 0 Å². The average molecular weight is 403 g/mol. The topological polar surface area (TPSA) is 43.8 Å². The molecule has 2 atom stereocenters. The Morgan fingerprint density at radius 1 is 1.16 bits per heavy atom. The van der Waals surface area contributed by atoms with Crippen molar-refractivity contribution >= 4 is 21.9 Å². The lowest BCUT2D eigenvalue weighted by molar-refractivity contribution is -0.139. The van der Waals surface area contributed by atoms with Crippen LogP contribution in [0.4, 0.5) is 0 Å². The van der Waals surface area contributed by atoms with E-state index in [1.165, 1.54) is 11.1 Å². The minimum atomic E-state index is -0.758. The fourth-order valence-corrected chi connectivity index (χ4v) is 4.01. The zero-order valence-corrected chi connectivity index (χ0v) is 15.9. The molecule has 0 amide bonds. The predicted octanol–water partition coefficient (Wildman–Crippen LogP) is 3.63. The molecular weight excluding hydrogens is 380 g/mol. The standard InChI is InChI=1S/C20H23BrN2O2/c1-15-13-23(11-10-22(15)14-19(24)25)20(16-6-3-2-4-7-16)17-8-5-9-18(21)12-17/h2-9,12,15,20H,10-11,13-14H2,1H3,(H,24,25)/t15?,20-/m1/s1. The molecule has 2 aromatic carbocycles. The summed E-state index contributed by atoms with van der Waals surface area (Å²) in [5.74, 6) is -0.758. The number of nitrogens with zero attached hydrogens (tertiary/aromatic N) is 2. The van der Waals surface area contributed by atoms with E-state index in [1.54, 1.807) is 0 Å². The average Bonchev–Trinajstić information content (AvgIpc) is 2.58. The van der Waals surface area contributed by atoms with Crippen LogP contribution in [0, 0.1) is 0 Å². The zero-order valence-electron chi connectivity index (χ0n) is 14.3. The molecule has 2 aromatic rings. The molecule has 3 rings (SSSR count). The van der Waals surface area contributed by atoms with E-state index in [1.807, 2.05) is 17.0 Å². The van der Waals surface area contributed by atoms with Gasteiger partial charge in [0.05, 0.1) is 12.6 Å². The second-order valence-electron chi connectivity index (χ2n) is 6.58. The molecule has 1 heterocycles. The molecule has 1 fully saturated rings. The van der Waals surface area contributed by atoms with Crippen molar-refractivity contribution in [1.29, 1.82) is 0 Å². The molecule has 0 radical (unpaired) electrons. The molecule has 132 valence electrons. The van der Waals surface area contributed by atoms with E-state index < -0.39 is 5.97 Å². The fraction of sp³-hybridized carbons (Fsp3) is 0.350. The molecule has 1 aliphatic rings. The number of carboxylic acids is 1. The van der Waals surface area contributed by atoms with Gasteiger partial charge in [-0.25, -0.2) is 0 Å². The van der Waals surface area contributed by atoms with Gasteiger partial charge >= 0.3 is 5.97 Å². The summed E-state index contributed by atoms with van der Waals surface area (Å²) in [5, 5.41) is 9.08. The van der Waals surface area contributed by atoms with Crippen LogP contribution in [0.5, 0.6) is 0 Å². The van der Waals surface area contributed by atoms with Crippen molar-refractivity contribution in [2.75, 3.05) is 26.2 Å². The van der Waals surface area contributed by atoms with Crippen molar-refractivity contribution in [2.45, 2.75) is 19.0 Å². The lowest BCUT2D eigenvalue weighted by Gasteiger charge is -2.43. The van der Waals surface area contributed by atoms with Gasteiger partial charge in [0, 0.05) is 30.1 Å². The van der Waals surface area contributed by atoms with E-state index in [0.29, 0.717) is 0 Å². The molecule has 25 heavy (non-hydrogen) atoms. The summed E-state index contributed by atoms with van der Waals surface area (Å²) in [4.78, 5) is 15.6. The molecule has 5 heteroatoms. The summed E-state index contributed by atoms with van der Waals surface area (Å²) in [6, 6.07) is 19.3. The minimum Gasteiger partial charge on any atom is -0.480 e. The fourth-order valence-electron chi connectivity index (χ4n) is 3.59. The molecule has 1 saturated heterocycles. The number of aliphatic carboxylic acids is 1. The van der Waals surface area contributed by atoms with Crippen molar-refractivity contribution in [3.8, 4) is 0 Å². The molecule has 0 saturated carbocycles. The van der Waals surface area contributed by atoms with Crippen molar-refractivity contribution in [1.82, 2.24) is 9.80 Å². The van der Waals surface area contributed by atoms with Crippen LogP contribution >= 0.6 is 15.9 Å². The Labute approximate surface area is 157 Å². The van der Waals surface area contributed by atoms with Gasteiger partial charge in [0.1, 0.15) is 0 Å². The van der Waals surface area contributed by atoms with Gasteiger partial charge < -0.3 is 5.11 Å². The van der Waals surface area contributed by atoms with Gasteiger partial charge in [-0.2, -0.15) is 0 Å². The molecule has 1 N–H and O–H groups in total. The molecule has 0 aliphatic carbocycles. The Bertz CT molecular complexity index is 723. The lowest BCUT2D eigenvalue weighted by Crippen LogP contribution is -2.54. The molecule has 0 aromatic heterocycles. The van der Waals surface area contributed by atoms with Crippen LogP contribution in [0.1, 0.15) is 24.1 Å². The van der Waals surface area contributed by atoms with Gasteiger partial charge in [-0.3, -0.25) is 14.6 Å². The zero-order chi connectivity index (χ0) is 17.8. The van der Waals surface area contributed by atoms with Crippen LogP contribution < -0.4 is 0 Å². The summed E-state index contributed by atoms with van der Waals surface area (Å²) in [7, 11) is 0. The van der Waals surface area contributed by atoms with Crippen molar-refractivity contribution in [2.24, 2.45) is 0 Å². The highest BCUT2D eigenvalue weighted by Gasteiger charge is 2.30. The maximum absolute atomic E-state index is 11.0. The molecule has 0 spiro atoms. The third kappa shape index (κ3) is 4.48. The molecule has 0 bridgehead atoms. The van der Waals surface area contributed by atoms with Crippen LogP contribution in [-0.4, -0.2) is 53.1 Å². The SMILES string of the molecule is CC1CN([C@H](c2ccccc2)c2cccc(Br)c2)CCN1CC(=O)O. The van der Waals surface area contributed by atoms with Gasteiger partial charge in [-0.15, -0.1) is 0 Å². The number of halogens is 1. The van der Waals surface area contributed by atoms with Crippen LogP contribution in [0.2, 0.25) is 0 Å². The van der Waals surface area contributed by atoms with E-state index >= 15 is 0 Å². The van der Waals surface area contributed by atoms with E-state index in [-0.39, 0.29) is 18.6 Å². The third-order valence-electron chi connectivity index (χ3n) is 4.78. The Kier molecular flexibility index (Phi) is 5.89. The number of carbonyl (C=O) groups is 1.